The Labute approximate surface area is 140 Å². The minimum atomic E-state index is -0.639. The molecule has 0 aliphatic carbocycles. The normalized spacial score (nSPS) is 30.8. The fourth-order valence-electron chi connectivity index (χ4n) is 3.97. The molecule has 2 atom stereocenters. The fourth-order valence-corrected chi connectivity index (χ4v) is 3.97. The zero-order valence-corrected chi connectivity index (χ0v) is 15.4. The summed E-state index contributed by atoms with van der Waals surface area (Å²) in [5.41, 5.74) is 0.183. The molecule has 4 nitrogen and oxygen atoms in total. The smallest absolute Gasteiger partial charge is 0.410 e. The number of hydrogen-bond acceptors (Lipinski definition) is 3. The molecule has 0 radical (unpaired) electrons. The summed E-state index contributed by atoms with van der Waals surface area (Å²) in [6, 6.07) is 0.239. The second-order valence-corrected chi connectivity index (χ2v) is 8.58. The number of allylic oxidation sites excluding steroid dienone is 2. The maximum atomic E-state index is 12.6. The number of fused-ring (bicyclic) bond motifs is 2. The molecule has 2 unspecified atom stereocenters. The average Bonchev–Trinajstić information content (AvgIpc) is 2.34. The van der Waals surface area contributed by atoms with E-state index < -0.39 is 11.2 Å². The van der Waals surface area contributed by atoms with Gasteiger partial charge in [-0.3, -0.25) is 0 Å². The van der Waals surface area contributed by atoms with E-state index in [1.165, 1.54) is 5.57 Å². The minimum Gasteiger partial charge on any atom is -0.444 e. The number of piperidine rings is 2. The summed E-state index contributed by atoms with van der Waals surface area (Å²) in [5.74, 6) is 0. The molecule has 0 aromatic heterocycles. The molecule has 2 fully saturated rings. The molecule has 0 saturated carbocycles. The topological polar surface area (TPSA) is 49.8 Å². The first kappa shape index (κ1) is 18.3. The molecule has 2 saturated heterocycles. The van der Waals surface area contributed by atoms with E-state index in [4.69, 9.17) is 4.74 Å². The Kier molecular flexibility index (Phi) is 5.44. The van der Waals surface area contributed by atoms with Crippen molar-refractivity contribution in [1.29, 1.82) is 0 Å². The Hall–Kier alpha value is -1.03. The Morgan fingerprint density at radius 3 is 2.30 bits per heavy atom. The summed E-state index contributed by atoms with van der Waals surface area (Å²) in [4.78, 5) is 14.5. The Balaban J connectivity index is 2.05. The lowest BCUT2D eigenvalue weighted by molar-refractivity contribution is -0.0953. The number of nitrogens with zero attached hydrogens (tertiary/aromatic N) is 1. The van der Waals surface area contributed by atoms with Crippen molar-refractivity contribution < 1.29 is 14.6 Å². The van der Waals surface area contributed by atoms with Crippen molar-refractivity contribution in [3.8, 4) is 0 Å². The zero-order chi connectivity index (χ0) is 17.3. The van der Waals surface area contributed by atoms with Crippen LogP contribution in [0.2, 0.25) is 0 Å². The Morgan fingerprint density at radius 2 is 1.83 bits per heavy atom. The number of amides is 1. The number of ether oxygens (including phenoxy) is 1. The molecular formula is C19H33NO3. The Morgan fingerprint density at radius 1 is 1.26 bits per heavy atom. The summed E-state index contributed by atoms with van der Waals surface area (Å²) in [6.45, 7) is 9.88. The fraction of sp³-hybridized carbons (Fsp3) is 0.842. The van der Waals surface area contributed by atoms with Gasteiger partial charge in [-0.2, -0.15) is 0 Å². The van der Waals surface area contributed by atoms with E-state index in [9.17, 15) is 9.90 Å². The van der Waals surface area contributed by atoms with Gasteiger partial charge in [0.2, 0.25) is 0 Å². The summed E-state index contributed by atoms with van der Waals surface area (Å²) < 4.78 is 5.59. The molecule has 23 heavy (non-hydrogen) atoms. The highest BCUT2D eigenvalue weighted by atomic mass is 16.6. The van der Waals surface area contributed by atoms with Crippen LogP contribution in [0.1, 0.15) is 79.6 Å². The van der Waals surface area contributed by atoms with Gasteiger partial charge in [0, 0.05) is 12.1 Å². The van der Waals surface area contributed by atoms with Gasteiger partial charge in [0.15, 0.2) is 0 Å². The number of hydrogen-bond donors (Lipinski definition) is 1. The van der Waals surface area contributed by atoms with Crippen molar-refractivity contribution >= 4 is 6.09 Å². The van der Waals surface area contributed by atoms with Gasteiger partial charge < -0.3 is 14.7 Å². The van der Waals surface area contributed by atoms with Gasteiger partial charge in [-0.15, -0.1) is 0 Å². The van der Waals surface area contributed by atoms with Crippen LogP contribution in [0.25, 0.3) is 0 Å². The molecule has 2 aliphatic rings. The van der Waals surface area contributed by atoms with Crippen LogP contribution in [-0.2, 0) is 4.74 Å². The standard InChI is InChI=1S/C19H33NO3/c1-14(2)8-7-11-19(22)12-15-9-6-10-16(13-19)20(15)17(21)23-18(3,4)5/h8,15-16,22H,6-7,9-13H2,1-5H3. The lowest BCUT2D eigenvalue weighted by atomic mass is 9.74. The van der Waals surface area contributed by atoms with Crippen molar-refractivity contribution in [2.75, 3.05) is 0 Å². The molecular weight excluding hydrogens is 290 g/mol. The lowest BCUT2D eigenvalue weighted by Gasteiger charge is -2.51. The third kappa shape index (κ3) is 4.97. The molecule has 1 amide bonds. The first-order valence-electron chi connectivity index (χ1n) is 8.97. The average molecular weight is 323 g/mol. The highest BCUT2D eigenvalue weighted by molar-refractivity contribution is 5.69. The predicted molar refractivity (Wildman–Crippen MR) is 92.3 cm³/mol. The Bertz CT molecular complexity index is 446. The van der Waals surface area contributed by atoms with E-state index in [1.54, 1.807) is 0 Å². The van der Waals surface area contributed by atoms with Crippen LogP contribution in [-0.4, -0.2) is 39.4 Å². The van der Waals surface area contributed by atoms with Gasteiger partial charge in [-0.25, -0.2) is 4.79 Å². The van der Waals surface area contributed by atoms with Crippen molar-refractivity contribution in [1.82, 2.24) is 4.90 Å². The number of rotatable bonds is 3. The van der Waals surface area contributed by atoms with Gasteiger partial charge in [0.05, 0.1) is 5.60 Å². The monoisotopic (exact) mass is 323 g/mol. The van der Waals surface area contributed by atoms with Crippen molar-refractivity contribution in [2.45, 2.75) is 103 Å². The van der Waals surface area contributed by atoms with Crippen molar-refractivity contribution in [3.05, 3.63) is 11.6 Å². The van der Waals surface area contributed by atoms with Gasteiger partial charge in [0.1, 0.15) is 5.60 Å². The van der Waals surface area contributed by atoms with Crippen LogP contribution in [0.3, 0.4) is 0 Å². The van der Waals surface area contributed by atoms with Crippen molar-refractivity contribution in [3.63, 3.8) is 0 Å². The second-order valence-electron chi connectivity index (χ2n) is 8.58. The first-order valence-corrected chi connectivity index (χ1v) is 8.97. The minimum absolute atomic E-state index is 0.119. The third-order valence-electron chi connectivity index (χ3n) is 4.86. The van der Waals surface area contributed by atoms with Crippen LogP contribution in [0.4, 0.5) is 4.79 Å². The number of aliphatic hydroxyl groups is 1. The summed E-state index contributed by atoms with van der Waals surface area (Å²) in [5, 5.41) is 11.0. The molecule has 2 rings (SSSR count). The lowest BCUT2D eigenvalue weighted by Crippen LogP contribution is -2.60. The summed E-state index contributed by atoms with van der Waals surface area (Å²) in [6.07, 6.45) is 8.11. The van der Waals surface area contributed by atoms with E-state index in [0.717, 1.165) is 32.1 Å². The predicted octanol–water partition coefficient (Wildman–Crippen LogP) is 4.42. The molecule has 1 N–H and O–H groups in total. The zero-order valence-electron chi connectivity index (χ0n) is 15.4. The quantitative estimate of drug-likeness (QED) is 0.782. The van der Waals surface area contributed by atoms with Crippen LogP contribution >= 0.6 is 0 Å². The molecule has 0 spiro atoms. The van der Waals surface area contributed by atoms with Crippen LogP contribution in [0, 0.1) is 0 Å². The van der Waals surface area contributed by atoms with Crippen LogP contribution in [0.15, 0.2) is 11.6 Å². The molecule has 4 heteroatoms. The molecule has 2 bridgehead atoms. The highest BCUT2D eigenvalue weighted by Crippen LogP contribution is 2.42. The molecule has 2 aliphatic heterocycles. The van der Waals surface area contributed by atoms with E-state index in [2.05, 4.69) is 19.9 Å². The first-order chi connectivity index (χ1) is 10.6. The van der Waals surface area contributed by atoms with E-state index in [1.807, 2.05) is 25.7 Å². The second kappa shape index (κ2) is 6.84. The molecule has 0 aromatic carbocycles. The van der Waals surface area contributed by atoms with Gasteiger partial charge in [-0.1, -0.05) is 11.6 Å². The van der Waals surface area contributed by atoms with E-state index >= 15 is 0 Å². The maximum Gasteiger partial charge on any atom is 0.410 e. The van der Waals surface area contributed by atoms with Crippen LogP contribution in [0.5, 0.6) is 0 Å². The third-order valence-corrected chi connectivity index (χ3v) is 4.86. The molecule has 2 heterocycles. The van der Waals surface area contributed by atoms with Gasteiger partial charge in [-0.05, 0) is 79.6 Å². The van der Waals surface area contributed by atoms with E-state index in [-0.39, 0.29) is 18.2 Å². The number of carbonyl (C=O) groups excluding carboxylic acids is 1. The summed E-state index contributed by atoms with van der Waals surface area (Å²) in [7, 11) is 0. The largest absolute Gasteiger partial charge is 0.444 e. The van der Waals surface area contributed by atoms with Gasteiger partial charge in [0.25, 0.3) is 0 Å². The number of carbonyl (C=O) groups is 1. The van der Waals surface area contributed by atoms with Gasteiger partial charge >= 0.3 is 6.09 Å². The SMILES string of the molecule is CC(C)=CCCC1(O)CC2CCCC(C1)N2C(=O)OC(C)(C)C. The van der Waals surface area contributed by atoms with E-state index in [0.29, 0.717) is 12.8 Å². The van der Waals surface area contributed by atoms with Crippen molar-refractivity contribution in [2.24, 2.45) is 0 Å². The molecule has 132 valence electrons. The molecule has 0 aromatic rings. The van der Waals surface area contributed by atoms with Crippen LogP contribution < -0.4 is 0 Å². The highest BCUT2D eigenvalue weighted by Gasteiger charge is 2.47. The maximum absolute atomic E-state index is 12.6. The summed E-state index contributed by atoms with van der Waals surface area (Å²) >= 11 is 0.